The molecule has 1 rings (SSSR count). The van der Waals surface area contributed by atoms with Gasteiger partial charge in [0.15, 0.2) is 0 Å². The van der Waals surface area contributed by atoms with Crippen molar-refractivity contribution < 1.29 is 4.92 Å². The first-order valence-corrected chi connectivity index (χ1v) is 4.12. The van der Waals surface area contributed by atoms with E-state index in [2.05, 4.69) is 0 Å². The number of nitrogens with zero attached hydrogens (tertiary/aromatic N) is 1. The van der Waals surface area contributed by atoms with Crippen molar-refractivity contribution in [2.24, 2.45) is 0 Å². The Bertz CT molecular complexity index is 293. The Labute approximate surface area is 76.9 Å². The summed E-state index contributed by atoms with van der Waals surface area (Å²) in [5.41, 5.74) is 1.07. The van der Waals surface area contributed by atoms with E-state index < -0.39 is 0 Å². The zero-order chi connectivity index (χ0) is 9.52. The predicted octanol–water partition coefficient (Wildman–Crippen LogP) is 2.37. The van der Waals surface area contributed by atoms with Gasteiger partial charge in [-0.2, -0.15) is 0 Å². The van der Waals surface area contributed by atoms with Crippen LogP contribution < -0.4 is 0 Å². The number of hydrogen-bond acceptors (Lipinski definition) is 2. The van der Waals surface area contributed by atoms with Crippen LogP contribution in [0.1, 0.15) is 12.0 Å². The molecule has 0 aliphatic carbocycles. The van der Waals surface area contributed by atoms with Gasteiger partial charge in [-0.05, 0) is 5.56 Å². The molecule has 3 nitrogen and oxygen atoms in total. The normalized spacial score (nSPS) is 10.5. The van der Waals surface area contributed by atoms with Gasteiger partial charge in [-0.1, -0.05) is 42.5 Å². The Morgan fingerprint density at radius 2 is 2.00 bits per heavy atom. The highest BCUT2D eigenvalue weighted by molar-refractivity contribution is 5.48. The second-order valence-electron chi connectivity index (χ2n) is 2.66. The molecule has 3 heteroatoms. The lowest BCUT2D eigenvalue weighted by Crippen LogP contribution is -1.97. The second-order valence-corrected chi connectivity index (χ2v) is 2.66. The van der Waals surface area contributed by atoms with Crippen molar-refractivity contribution in [3.8, 4) is 0 Å². The maximum atomic E-state index is 9.98. The van der Waals surface area contributed by atoms with Crippen molar-refractivity contribution >= 4 is 6.08 Å². The highest BCUT2D eigenvalue weighted by Gasteiger charge is 1.91. The first-order valence-electron chi connectivity index (χ1n) is 4.12. The molecule has 0 aliphatic heterocycles. The number of hydrogen-bond donors (Lipinski definition) is 0. The van der Waals surface area contributed by atoms with E-state index in [1.807, 2.05) is 42.5 Å². The number of rotatable bonds is 4. The van der Waals surface area contributed by atoms with Gasteiger partial charge in [0.05, 0.1) is 0 Å². The fourth-order valence-corrected chi connectivity index (χ4v) is 0.964. The molecule has 0 amide bonds. The predicted molar refractivity (Wildman–Crippen MR) is 52.0 cm³/mol. The minimum atomic E-state index is -0.310. The van der Waals surface area contributed by atoms with E-state index in [1.54, 1.807) is 0 Å². The van der Waals surface area contributed by atoms with Crippen LogP contribution in [0, 0.1) is 10.1 Å². The van der Waals surface area contributed by atoms with Gasteiger partial charge in [0.25, 0.3) is 0 Å². The second kappa shape index (κ2) is 5.09. The summed E-state index contributed by atoms with van der Waals surface area (Å²) in [6.45, 7) is 0.00331. The summed E-state index contributed by atoms with van der Waals surface area (Å²) in [6.07, 6.45) is 4.20. The van der Waals surface area contributed by atoms with Crippen molar-refractivity contribution in [2.45, 2.75) is 6.42 Å². The molecule has 0 aliphatic rings. The molecule has 0 unspecified atom stereocenters. The topological polar surface area (TPSA) is 43.1 Å². The third-order valence-electron chi connectivity index (χ3n) is 1.59. The van der Waals surface area contributed by atoms with E-state index in [1.165, 1.54) is 0 Å². The Morgan fingerprint density at radius 1 is 1.31 bits per heavy atom. The zero-order valence-electron chi connectivity index (χ0n) is 7.22. The Balaban J connectivity index is 2.37. The van der Waals surface area contributed by atoms with Crippen molar-refractivity contribution in [1.29, 1.82) is 0 Å². The van der Waals surface area contributed by atoms with Crippen LogP contribution in [-0.4, -0.2) is 11.5 Å². The molecule has 0 aromatic heterocycles. The summed E-state index contributed by atoms with van der Waals surface area (Å²) in [7, 11) is 0. The summed E-state index contributed by atoms with van der Waals surface area (Å²) in [6, 6.07) is 9.74. The maximum absolute atomic E-state index is 9.98. The molecule has 0 saturated heterocycles. The van der Waals surface area contributed by atoms with E-state index >= 15 is 0 Å². The first-order chi connectivity index (χ1) is 6.29. The molecule has 1 aromatic rings. The average molecular weight is 177 g/mol. The van der Waals surface area contributed by atoms with Crippen LogP contribution in [0.15, 0.2) is 36.4 Å². The third kappa shape index (κ3) is 4.06. The monoisotopic (exact) mass is 177 g/mol. The summed E-state index contributed by atoms with van der Waals surface area (Å²) in [4.78, 5) is 9.67. The summed E-state index contributed by atoms with van der Waals surface area (Å²) in [5.74, 6) is 0. The van der Waals surface area contributed by atoms with Gasteiger partial charge < -0.3 is 0 Å². The van der Waals surface area contributed by atoms with Gasteiger partial charge in [0, 0.05) is 11.3 Å². The van der Waals surface area contributed by atoms with E-state index in [-0.39, 0.29) is 11.5 Å². The highest BCUT2D eigenvalue weighted by Crippen LogP contribution is 2.01. The Hall–Kier alpha value is -1.64. The van der Waals surface area contributed by atoms with Crippen LogP contribution in [-0.2, 0) is 0 Å². The molecule has 1 aromatic carbocycles. The highest BCUT2D eigenvalue weighted by atomic mass is 16.6. The van der Waals surface area contributed by atoms with E-state index in [0.717, 1.165) is 5.56 Å². The molecule has 0 N–H and O–H groups in total. The van der Waals surface area contributed by atoms with Crippen LogP contribution in [0.25, 0.3) is 6.08 Å². The third-order valence-corrected chi connectivity index (χ3v) is 1.59. The molecule has 0 fully saturated rings. The van der Waals surface area contributed by atoms with Crippen molar-refractivity contribution in [1.82, 2.24) is 0 Å². The Kier molecular flexibility index (Phi) is 3.70. The number of benzene rings is 1. The van der Waals surface area contributed by atoms with Crippen molar-refractivity contribution in [3.63, 3.8) is 0 Å². The van der Waals surface area contributed by atoms with E-state index in [9.17, 15) is 10.1 Å². The minimum absolute atomic E-state index is 0.00331. The molecule has 13 heavy (non-hydrogen) atoms. The standard InChI is InChI=1S/C10H11NO2/c12-11(13)9-5-4-8-10-6-2-1-3-7-10/h1-4,6-8H,5,9H2. The van der Waals surface area contributed by atoms with Gasteiger partial charge >= 0.3 is 0 Å². The zero-order valence-corrected chi connectivity index (χ0v) is 7.22. The van der Waals surface area contributed by atoms with Crippen LogP contribution in [0.2, 0.25) is 0 Å². The maximum Gasteiger partial charge on any atom is 0.207 e. The van der Waals surface area contributed by atoms with Crippen LogP contribution in [0.4, 0.5) is 0 Å². The molecular formula is C10H11NO2. The summed E-state index contributed by atoms with van der Waals surface area (Å²) < 4.78 is 0. The molecular weight excluding hydrogens is 166 g/mol. The fourth-order valence-electron chi connectivity index (χ4n) is 0.964. The average Bonchev–Trinajstić information content (AvgIpc) is 2.14. The lowest BCUT2D eigenvalue weighted by Gasteiger charge is -1.90. The molecule has 0 bridgehead atoms. The van der Waals surface area contributed by atoms with Crippen LogP contribution in [0.5, 0.6) is 0 Å². The van der Waals surface area contributed by atoms with Crippen LogP contribution in [0.3, 0.4) is 0 Å². The van der Waals surface area contributed by atoms with E-state index in [4.69, 9.17) is 0 Å². The number of nitro groups is 1. The van der Waals surface area contributed by atoms with Gasteiger partial charge in [0.2, 0.25) is 6.54 Å². The van der Waals surface area contributed by atoms with Gasteiger partial charge in [0.1, 0.15) is 0 Å². The SMILES string of the molecule is O=[N+]([O-])CCC=Cc1ccccc1. The van der Waals surface area contributed by atoms with Crippen molar-refractivity contribution in [3.05, 3.63) is 52.1 Å². The lowest BCUT2D eigenvalue weighted by atomic mass is 10.2. The van der Waals surface area contributed by atoms with Crippen LogP contribution >= 0.6 is 0 Å². The largest absolute Gasteiger partial charge is 0.265 e. The quantitative estimate of drug-likeness (QED) is 0.523. The van der Waals surface area contributed by atoms with Gasteiger partial charge in [-0.15, -0.1) is 0 Å². The van der Waals surface area contributed by atoms with Gasteiger partial charge in [-0.3, -0.25) is 10.1 Å². The molecule has 68 valence electrons. The molecule has 0 heterocycles. The molecule has 0 saturated carbocycles. The first kappa shape index (κ1) is 9.45. The van der Waals surface area contributed by atoms with Gasteiger partial charge in [-0.25, -0.2) is 0 Å². The smallest absolute Gasteiger partial charge is 0.207 e. The van der Waals surface area contributed by atoms with E-state index in [0.29, 0.717) is 6.42 Å². The summed E-state index contributed by atoms with van der Waals surface area (Å²) >= 11 is 0. The Morgan fingerprint density at radius 3 is 2.62 bits per heavy atom. The molecule has 0 radical (unpaired) electrons. The van der Waals surface area contributed by atoms with Crippen molar-refractivity contribution in [2.75, 3.05) is 6.54 Å². The summed E-state index contributed by atoms with van der Waals surface area (Å²) in [5, 5.41) is 9.98. The minimum Gasteiger partial charge on any atom is -0.265 e. The molecule has 0 spiro atoms. The lowest BCUT2D eigenvalue weighted by molar-refractivity contribution is -0.478. The fraction of sp³-hybridized carbons (Fsp3) is 0.200. The molecule has 0 atom stereocenters.